The molecule has 1 saturated heterocycles. The quantitative estimate of drug-likeness (QED) is 0.693. The van der Waals surface area contributed by atoms with E-state index >= 15 is 0 Å². The van der Waals surface area contributed by atoms with Crippen LogP contribution >= 0.6 is 0 Å². The van der Waals surface area contributed by atoms with Crippen LogP contribution in [-0.4, -0.2) is 18.0 Å². The second kappa shape index (κ2) is 4.19. The number of piperidine rings is 1. The minimum Gasteiger partial charge on any atom is -0.402 e. The van der Waals surface area contributed by atoms with Crippen molar-refractivity contribution in [3.05, 3.63) is 24.6 Å². The lowest BCUT2D eigenvalue weighted by atomic mass is 10.1. The largest absolute Gasteiger partial charge is 0.402 e. The van der Waals surface area contributed by atoms with Crippen molar-refractivity contribution < 1.29 is 0 Å². The Hall–Kier alpha value is -0.920. The monoisotopic (exact) mass is 166 g/mol. The number of hydrogen-bond acceptors (Lipinski definition) is 2. The Kier molecular flexibility index (Phi) is 3.20. The molecule has 0 unspecified atom stereocenters. The van der Waals surface area contributed by atoms with Crippen molar-refractivity contribution >= 4 is 0 Å². The van der Waals surface area contributed by atoms with Crippen LogP contribution in [0.1, 0.15) is 25.7 Å². The molecule has 68 valence electrons. The molecule has 1 aliphatic heterocycles. The summed E-state index contributed by atoms with van der Waals surface area (Å²) in [6.07, 6.45) is 4.62. The SMILES string of the molecule is C=C(N)CCN1CCCCC1=C. The molecule has 0 aliphatic carbocycles. The molecule has 1 rings (SSSR count). The Morgan fingerprint density at radius 1 is 1.50 bits per heavy atom. The fourth-order valence-corrected chi connectivity index (χ4v) is 1.50. The zero-order valence-electron chi connectivity index (χ0n) is 7.68. The van der Waals surface area contributed by atoms with Crippen molar-refractivity contribution in [1.29, 1.82) is 0 Å². The van der Waals surface area contributed by atoms with E-state index in [4.69, 9.17) is 5.73 Å². The summed E-state index contributed by atoms with van der Waals surface area (Å²) < 4.78 is 0. The summed E-state index contributed by atoms with van der Waals surface area (Å²) >= 11 is 0. The van der Waals surface area contributed by atoms with Gasteiger partial charge in [0.2, 0.25) is 0 Å². The Morgan fingerprint density at radius 3 is 2.83 bits per heavy atom. The number of rotatable bonds is 3. The first-order valence-electron chi connectivity index (χ1n) is 4.56. The van der Waals surface area contributed by atoms with Crippen LogP contribution in [0.5, 0.6) is 0 Å². The van der Waals surface area contributed by atoms with Crippen LogP contribution in [0.2, 0.25) is 0 Å². The van der Waals surface area contributed by atoms with Gasteiger partial charge in [-0.15, -0.1) is 0 Å². The van der Waals surface area contributed by atoms with E-state index in [1.54, 1.807) is 0 Å². The van der Waals surface area contributed by atoms with Crippen LogP contribution in [0.15, 0.2) is 24.6 Å². The van der Waals surface area contributed by atoms with Gasteiger partial charge in [-0.2, -0.15) is 0 Å². The summed E-state index contributed by atoms with van der Waals surface area (Å²) in [5, 5.41) is 0. The van der Waals surface area contributed by atoms with Crippen molar-refractivity contribution in [2.24, 2.45) is 5.73 Å². The third kappa shape index (κ3) is 2.61. The van der Waals surface area contributed by atoms with Crippen LogP contribution in [0, 0.1) is 0 Å². The molecule has 2 N–H and O–H groups in total. The second-order valence-corrected chi connectivity index (χ2v) is 3.42. The Balaban J connectivity index is 2.29. The van der Waals surface area contributed by atoms with E-state index in [1.165, 1.54) is 18.5 Å². The van der Waals surface area contributed by atoms with Crippen LogP contribution in [0.4, 0.5) is 0 Å². The predicted molar refractivity (Wildman–Crippen MR) is 52.5 cm³/mol. The van der Waals surface area contributed by atoms with E-state index in [2.05, 4.69) is 18.1 Å². The van der Waals surface area contributed by atoms with Crippen molar-refractivity contribution in [1.82, 2.24) is 4.90 Å². The lowest BCUT2D eigenvalue weighted by Crippen LogP contribution is -2.28. The van der Waals surface area contributed by atoms with Crippen LogP contribution in [-0.2, 0) is 0 Å². The van der Waals surface area contributed by atoms with Crippen molar-refractivity contribution in [2.45, 2.75) is 25.7 Å². The van der Waals surface area contributed by atoms with E-state index in [0.29, 0.717) is 0 Å². The maximum absolute atomic E-state index is 5.50. The van der Waals surface area contributed by atoms with Gasteiger partial charge in [0.1, 0.15) is 0 Å². The summed E-state index contributed by atoms with van der Waals surface area (Å²) in [5.74, 6) is 0. The molecule has 1 aliphatic rings. The summed E-state index contributed by atoms with van der Waals surface area (Å²) in [7, 11) is 0. The lowest BCUT2D eigenvalue weighted by Gasteiger charge is -2.30. The molecule has 0 saturated carbocycles. The molecule has 0 bridgehead atoms. The lowest BCUT2D eigenvalue weighted by molar-refractivity contribution is 0.294. The molecule has 0 atom stereocenters. The maximum Gasteiger partial charge on any atom is 0.0229 e. The molecule has 0 spiro atoms. The van der Waals surface area contributed by atoms with Gasteiger partial charge in [0, 0.05) is 30.9 Å². The summed E-state index contributed by atoms with van der Waals surface area (Å²) in [5.41, 5.74) is 7.54. The topological polar surface area (TPSA) is 29.3 Å². The second-order valence-electron chi connectivity index (χ2n) is 3.42. The smallest absolute Gasteiger partial charge is 0.0229 e. The number of nitrogens with zero attached hydrogens (tertiary/aromatic N) is 1. The minimum absolute atomic E-state index is 0.772. The van der Waals surface area contributed by atoms with Gasteiger partial charge in [0.25, 0.3) is 0 Å². The van der Waals surface area contributed by atoms with E-state index in [1.807, 2.05) is 0 Å². The summed E-state index contributed by atoms with van der Waals surface area (Å²) in [4.78, 5) is 2.32. The Bertz CT molecular complexity index is 184. The molecule has 0 aromatic carbocycles. The van der Waals surface area contributed by atoms with Gasteiger partial charge in [-0.05, 0) is 19.3 Å². The average Bonchev–Trinajstić information content (AvgIpc) is 2.03. The first-order valence-corrected chi connectivity index (χ1v) is 4.56. The predicted octanol–water partition coefficient (Wildman–Crippen LogP) is 1.85. The van der Waals surface area contributed by atoms with Crippen molar-refractivity contribution in [2.75, 3.05) is 13.1 Å². The van der Waals surface area contributed by atoms with Crippen molar-refractivity contribution in [3.8, 4) is 0 Å². The number of likely N-dealkylation sites (tertiary alicyclic amines) is 1. The maximum atomic E-state index is 5.50. The first-order chi connectivity index (χ1) is 5.70. The standard InChI is InChI=1S/C10H18N2/c1-9(11)6-8-12-7-4-3-5-10(12)2/h1-8,11H2. The van der Waals surface area contributed by atoms with Gasteiger partial charge in [0.05, 0.1) is 0 Å². The first kappa shape index (κ1) is 9.17. The molecule has 2 heteroatoms. The number of allylic oxidation sites excluding steroid dienone is 1. The highest BCUT2D eigenvalue weighted by molar-refractivity contribution is 4.98. The highest BCUT2D eigenvalue weighted by atomic mass is 15.1. The molecular weight excluding hydrogens is 148 g/mol. The number of hydrogen-bond donors (Lipinski definition) is 1. The van der Waals surface area contributed by atoms with Gasteiger partial charge in [-0.3, -0.25) is 0 Å². The zero-order valence-corrected chi connectivity index (χ0v) is 7.68. The van der Waals surface area contributed by atoms with E-state index in [-0.39, 0.29) is 0 Å². The van der Waals surface area contributed by atoms with E-state index in [9.17, 15) is 0 Å². The minimum atomic E-state index is 0.772. The normalized spacial score (nSPS) is 18.0. The highest BCUT2D eigenvalue weighted by Crippen LogP contribution is 2.18. The van der Waals surface area contributed by atoms with Crippen molar-refractivity contribution in [3.63, 3.8) is 0 Å². The molecular formula is C10H18N2. The molecule has 2 nitrogen and oxygen atoms in total. The summed E-state index contributed by atoms with van der Waals surface area (Å²) in [6.45, 7) is 9.85. The third-order valence-electron chi connectivity index (χ3n) is 2.29. The van der Waals surface area contributed by atoms with Crippen LogP contribution < -0.4 is 5.73 Å². The fourth-order valence-electron chi connectivity index (χ4n) is 1.50. The highest BCUT2D eigenvalue weighted by Gasteiger charge is 2.11. The molecule has 0 amide bonds. The average molecular weight is 166 g/mol. The van der Waals surface area contributed by atoms with Gasteiger partial charge >= 0.3 is 0 Å². The van der Waals surface area contributed by atoms with Gasteiger partial charge in [-0.1, -0.05) is 13.2 Å². The summed E-state index contributed by atoms with van der Waals surface area (Å²) in [6, 6.07) is 0. The van der Waals surface area contributed by atoms with E-state index < -0.39 is 0 Å². The molecule has 0 aromatic heterocycles. The molecule has 0 radical (unpaired) electrons. The molecule has 0 aromatic rings. The fraction of sp³-hybridized carbons (Fsp3) is 0.600. The zero-order chi connectivity index (χ0) is 8.97. The number of nitrogens with two attached hydrogens (primary N) is 1. The third-order valence-corrected chi connectivity index (χ3v) is 2.29. The molecule has 12 heavy (non-hydrogen) atoms. The Labute approximate surface area is 74.7 Å². The van der Waals surface area contributed by atoms with Gasteiger partial charge < -0.3 is 10.6 Å². The Morgan fingerprint density at radius 2 is 2.25 bits per heavy atom. The van der Waals surface area contributed by atoms with Gasteiger partial charge in [-0.25, -0.2) is 0 Å². The van der Waals surface area contributed by atoms with Crippen LogP contribution in [0.3, 0.4) is 0 Å². The van der Waals surface area contributed by atoms with Crippen LogP contribution in [0.25, 0.3) is 0 Å². The molecule has 1 heterocycles. The van der Waals surface area contributed by atoms with Gasteiger partial charge in [0.15, 0.2) is 0 Å². The molecule has 1 fully saturated rings. The van der Waals surface area contributed by atoms with E-state index in [0.717, 1.165) is 31.6 Å².